The van der Waals surface area contributed by atoms with E-state index in [9.17, 15) is 0 Å². The van der Waals surface area contributed by atoms with Crippen LogP contribution in [0, 0.1) is 0 Å². The standard InChI is InChI=1S/C12H14N6/c1-2-5-18-10-3-4-14-7-9(10)16-12(18)8-6-15-17-11(8)13/h3-4,6-7H,2,5H2,1H3,(H3,13,15,17). The average molecular weight is 242 g/mol. The van der Waals surface area contributed by atoms with E-state index in [0.29, 0.717) is 5.82 Å². The number of imidazole rings is 1. The topological polar surface area (TPSA) is 85.4 Å². The smallest absolute Gasteiger partial charge is 0.146 e. The van der Waals surface area contributed by atoms with Crippen LogP contribution in [-0.4, -0.2) is 24.7 Å². The van der Waals surface area contributed by atoms with Crippen molar-refractivity contribution in [3.05, 3.63) is 24.7 Å². The first-order valence-corrected chi connectivity index (χ1v) is 5.90. The number of pyridine rings is 1. The number of nitrogen functional groups attached to an aromatic ring is 1. The predicted molar refractivity (Wildman–Crippen MR) is 69.8 cm³/mol. The molecule has 3 aromatic rings. The SMILES string of the molecule is CCCn1c(-c2cn[nH]c2N)nc2cnccc21. The van der Waals surface area contributed by atoms with Gasteiger partial charge in [0.25, 0.3) is 0 Å². The number of anilines is 1. The van der Waals surface area contributed by atoms with E-state index >= 15 is 0 Å². The van der Waals surface area contributed by atoms with E-state index in [1.54, 1.807) is 18.6 Å². The Morgan fingerprint density at radius 2 is 2.28 bits per heavy atom. The van der Waals surface area contributed by atoms with Crippen LogP contribution in [0.4, 0.5) is 5.82 Å². The monoisotopic (exact) mass is 242 g/mol. The van der Waals surface area contributed by atoms with E-state index in [0.717, 1.165) is 35.4 Å². The largest absolute Gasteiger partial charge is 0.383 e. The third-order valence-electron chi connectivity index (χ3n) is 2.91. The lowest BCUT2D eigenvalue weighted by Crippen LogP contribution is -2.00. The Bertz CT molecular complexity index is 681. The van der Waals surface area contributed by atoms with Gasteiger partial charge in [0.15, 0.2) is 0 Å². The van der Waals surface area contributed by atoms with Gasteiger partial charge in [-0.05, 0) is 12.5 Å². The van der Waals surface area contributed by atoms with Crippen molar-refractivity contribution in [2.75, 3.05) is 5.73 Å². The highest BCUT2D eigenvalue weighted by atomic mass is 15.2. The minimum absolute atomic E-state index is 0.538. The second-order valence-electron chi connectivity index (χ2n) is 4.15. The van der Waals surface area contributed by atoms with Crippen LogP contribution in [0.1, 0.15) is 13.3 Å². The fourth-order valence-electron chi connectivity index (χ4n) is 2.11. The first-order valence-electron chi connectivity index (χ1n) is 5.90. The van der Waals surface area contributed by atoms with Crippen LogP contribution in [-0.2, 0) is 6.54 Å². The molecule has 0 aliphatic rings. The average Bonchev–Trinajstić information content (AvgIpc) is 2.94. The summed E-state index contributed by atoms with van der Waals surface area (Å²) in [5, 5.41) is 6.69. The molecule has 0 saturated heterocycles. The number of hydrogen-bond donors (Lipinski definition) is 2. The first-order chi connectivity index (χ1) is 8.81. The normalized spacial score (nSPS) is 11.2. The summed E-state index contributed by atoms with van der Waals surface area (Å²) >= 11 is 0. The van der Waals surface area contributed by atoms with E-state index in [4.69, 9.17) is 5.73 Å². The molecule has 0 aromatic carbocycles. The number of hydrogen-bond acceptors (Lipinski definition) is 4. The van der Waals surface area contributed by atoms with Crippen LogP contribution in [0.25, 0.3) is 22.4 Å². The maximum Gasteiger partial charge on any atom is 0.146 e. The van der Waals surface area contributed by atoms with Crippen molar-refractivity contribution >= 4 is 16.9 Å². The third kappa shape index (κ3) is 1.54. The molecule has 0 bridgehead atoms. The lowest BCUT2D eigenvalue weighted by molar-refractivity contribution is 0.704. The van der Waals surface area contributed by atoms with Crippen LogP contribution < -0.4 is 5.73 Å². The number of aromatic nitrogens is 5. The molecule has 0 aliphatic heterocycles. The Hall–Kier alpha value is -2.37. The lowest BCUT2D eigenvalue weighted by atomic mass is 10.3. The van der Waals surface area contributed by atoms with Gasteiger partial charge in [0.1, 0.15) is 17.2 Å². The van der Waals surface area contributed by atoms with Gasteiger partial charge in [-0.15, -0.1) is 0 Å². The summed E-state index contributed by atoms with van der Waals surface area (Å²) < 4.78 is 2.15. The van der Waals surface area contributed by atoms with Crippen LogP contribution in [0.2, 0.25) is 0 Å². The zero-order chi connectivity index (χ0) is 12.5. The first kappa shape index (κ1) is 10.8. The summed E-state index contributed by atoms with van der Waals surface area (Å²) in [5.74, 6) is 1.38. The van der Waals surface area contributed by atoms with E-state index in [2.05, 4.69) is 31.7 Å². The van der Waals surface area contributed by atoms with Gasteiger partial charge in [-0.25, -0.2) is 4.98 Å². The molecule has 18 heavy (non-hydrogen) atoms. The summed E-state index contributed by atoms with van der Waals surface area (Å²) in [4.78, 5) is 8.70. The van der Waals surface area contributed by atoms with Crippen LogP contribution >= 0.6 is 0 Å². The van der Waals surface area contributed by atoms with Crippen molar-refractivity contribution in [3.63, 3.8) is 0 Å². The van der Waals surface area contributed by atoms with Gasteiger partial charge in [-0.1, -0.05) is 6.92 Å². The van der Waals surface area contributed by atoms with E-state index in [1.165, 1.54) is 0 Å². The Labute approximate surface area is 104 Å². The molecule has 0 unspecified atom stereocenters. The molecule has 0 radical (unpaired) electrons. The molecule has 0 aliphatic carbocycles. The molecule has 3 aromatic heterocycles. The van der Waals surface area contributed by atoms with Crippen molar-refractivity contribution in [1.29, 1.82) is 0 Å². The molecule has 0 fully saturated rings. The number of nitrogens with two attached hydrogens (primary N) is 1. The Balaban J connectivity index is 2.28. The van der Waals surface area contributed by atoms with Gasteiger partial charge in [0.05, 0.1) is 23.5 Å². The zero-order valence-electron chi connectivity index (χ0n) is 10.1. The molecule has 3 heterocycles. The van der Waals surface area contributed by atoms with Crippen molar-refractivity contribution in [2.45, 2.75) is 19.9 Å². The summed E-state index contributed by atoms with van der Waals surface area (Å²) in [7, 11) is 0. The highest BCUT2D eigenvalue weighted by molar-refractivity contribution is 5.81. The van der Waals surface area contributed by atoms with Gasteiger partial charge in [0, 0.05) is 12.7 Å². The quantitative estimate of drug-likeness (QED) is 0.733. The summed E-state index contributed by atoms with van der Waals surface area (Å²) in [5.41, 5.74) is 8.65. The van der Waals surface area contributed by atoms with Gasteiger partial charge in [0.2, 0.25) is 0 Å². The number of H-pyrrole nitrogens is 1. The summed E-state index contributed by atoms with van der Waals surface area (Å²) in [6.45, 7) is 3.02. The minimum Gasteiger partial charge on any atom is -0.383 e. The predicted octanol–water partition coefficient (Wildman–Crippen LogP) is 1.81. The van der Waals surface area contributed by atoms with E-state index in [1.807, 2.05) is 6.07 Å². The molecular weight excluding hydrogens is 228 g/mol. The molecule has 0 amide bonds. The molecule has 6 heteroatoms. The molecule has 0 atom stereocenters. The molecular formula is C12H14N6. The van der Waals surface area contributed by atoms with E-state index in [-0.39, 0.29) is 0 Å². The Kier molecular flexibility index (Phi) is 2.47. The maximum atomic E-state index is 5.87. The van der Waals surface area contributed by atoms with Gasteiger partial charge < -0.3 is 10.3 Å². The fourth-order valence-corrected chi connectivity index (χ4v) is 2.11. The number of nitrogens with one attached hydrogen (secondary N) is 1. The fraction of sp³-hybridized carbons (Fsp3) is 0.250. The third-order valence-corrected chi connectivity index (χ3v) is 2.91. The Morgan fingerprint density at radius 1 is 1.39 bits per heavy atom. The molecule has 3 N–H and O–H groups in total. The van der Waals surface area contributed by atoms with Crippen LogP contribution in [0.15, 0.2) is 24.7 Å². The van der Waals surface area contributed by atoms with Crippen molar-refractivity contribution < 1.29 is 0 Å². The highest BCUT2D eigenvalue weighted by Gasteiger charge is 2.15. The lowest BCUT2D eigenvalue weighted by Gasteiger charge is -2.06. The second-order valence-corrected chi connectivity index (χ2v) is 4.15. The minimum atomic E-state index is 0.538. The number of fused-ring (bicyclic) bond motifs is 1. The summed E-state index contributed by atoms with van der Waals surface area (Å²) in [6.07, 6.45) is 6.27. The number of aryl methyl sites for hydroxylation is 1. The number of rotatable bonds is 3. The van der Waals surface area contributed by atoms with Gasteiger partial charge in [-0.3, -0.25) is 10.1 Å². The van der Waals surface area contributed by atoms with Gasteiger partial charge >= 0.3 is 0 Å². The van der Waals surface area contributed by atoms with E-state index < -0.39 is 0 Å². The molecule has 0 spiro atoms. The zero-order valence-corrected chi connectivity index (χ0v) is 10.1. The van der Waals surface area contributed by atoms with Crippen molar-refractivity contribution in [3.8, 4) is 11.4 Å². The number of aromatic amines is 1. The van der Waals surface area contributed by atoms with Crippen LogP contribution in [0.3, 0.4) is 0 Å². The maximum absolute atomic E-state index is 5.87. The van der Waals surface area contributed by atoms with Crippen LogP contribution in [0.5, 0.6) is 0 Å². The highest BCUT2D eigenvalue weighted by Crippen LogP contribution is 2.27. The molecule has 0 saturated carbocycles. The Morgan fingerprint density at radius 3 is 3.00 bits per heavy atom. The van der Waals surface area contributed by atoms with Gasteiger partial charge in [-0.2, -0.15) is 5.10 Å². The molecule has 6 nitrogen and oxygen atoms in total. The molecule has 92 valence electrons. The van der Waals surface area contributed by atoms with Crippen molar-refractivity contribution in [2.24, 2.45) is 0 Å². The summed E-state index contributed by atoms with van der Waals surface area (Å²) in [6, 6.07) is 1.97. The second kappa shape index (κ2) is 4.14. The number of nitrogens with zero attached hydrogens (tertiary/aromatic N) is 4. The van der Waals surface area contributed by atoms with Crippen molar-refractivity contribution in [1.82, 2.24) is 24.7 Å². The molecule has 3 rings (SSSR count).